The van der Waals surface area contributed by atoms with Gasteiger partial charge in [-0.3, -0.25) is 4.79 Å². The molecule has 0 bridgehead atoms. The molecule has 1 N–H and O–H groups in total. The van der Waals surface area contributed by atoms with E-state index in [1.165, 1.54) is 28.0 Å². The van der Waals surface area contributed by atoms with Crippen LogP contribution >= 0.6 is 11.3 Å². The Kier molecular flexibility index (Phi) is 3.53. The fraction of sp³-hybridized carbons (Fsp3) is 0.400. The van der Waals surface area contributed by atoms with Crippen molar-refractivity contribution in [2.75, 3.05) is 5.32 Å². The summed E-state index contributed by atoms with van der Waals surface area (Å²) < 4.78 is 0. The number of carbonyl (C=O) groups is 1. The van der Waals surface area contributed by atoms with Crippen LogP contribution in [0.1, 0.15) is 34.5 Å². The molecule has 0 aliphatic heterocycles. The van der Waals surface area contributed by atoms with Gasteiger partial charge in [0.1, 0.15) is 5.01 Å². The highest BCUT2D eigenvalue weighted by Gasteiger charge is 2.30. The molecule has 1 fully saturated rings. The maximum Gasteiger partial charge on any atom is 0.229 e. The first-order valence-electron chi connectivity index (χ1n) is 6.80. The first kappa shape index (κ1) is 13.2. The number of hydrogen-bond acceptors (Lipinski definition) is 4. The largest absolute Gasteiger partial charge is 0.300 e. The highest BCUT2D eigenvalue weighted by Crippen LogP contribution is 2.30. The summed E-state index contributed by atoms with van der Waals surface area (Å²) in [6.07, 6.45) is 2.76. The van der Waals surface area contributed by atoms with Crippen molar-refractivity contribution < 1.29 is 4.79 Å². The van der Waals surface area contributed by atoms with Crippen LogP contribution in [0.3, 0.4) is 0 Å². The summed E-state index contributed by atoms with van der Waals surface area (Å²) in [7, 11) is 0. The molecule has 1 aliphatic carbocycles. The minimum Gasteiger partial charge on any atom is -0.300 e. The molecule has 2 aromatic rings. The Bertz CT molecular complexity index is 626. The maximum atomic E-state index is 11.7. The monoisotopic (exact) mass is 287 g/mol. The average molecular weight is 287 g/mol. The molecule has 1 amide bonds. The molecule has 4 nitrogen and oxygen atoms in total. The van der Waals surface area contributed by atoms with Gasteiger partial charge < -0.3 is 5.32 Å². The fourth-order valence-electron chi connectivity index (χ4n) is 2.27. The van der Waals surface area contributed by atoms with E-state index in [0.717, 1.165) is 24.3 Å². The molecule has 3 rings (SSSR count). The third-order valence-electron chi connectivity index (χ3n) is 3.28. The summed E-state index contributed by atoms with van der Waals surface area (Å²) in [5.41, 5.74) is 3.75. The molecule has 1 aromatic heterocycles. The Morgan fingerprint density at radius 3 is 2.60 bits per heavy atom. The molecule has 20 heavy (non-hydrogen) atoms. The lowest BCUT2D eigenvalue weighted by atomic mass is 10.1. The van der Waals surface area contributed by atoms with Crippen molar-refractivity contribution >= 4 is 22.4 Å². The summed E-state index contributed by atoms with van der Waals surface area (Å²) >= 11 is 1.46. The van der Waals surface area contributed by atoms with Gasteiger partial charge in [0.2, 0.25) is 11.0 Å². The van der Waals surface area contributed by atoms with Crippen LogP contribution in [0.4, 0.5) is 5.13 Å². The smallest absolute Gasteiger partial charge is 0.229 e. The number of aryl methyl sites for hydroxylation is 2. The first-order chi connectivity index (χ1) is 9.60. The Labute approximate surface area is 122 Å². The Morgan fingerprint density at radius 2 is 1.95 bits per heavy atom. The second-order valence-electron chi connectivity index (χ2n) is 5.44. The third-order valence-corrected chi connectivity index (χ3v) is 4.12. The van der Waals surface area contributed by atoms with Gasteiger partial charge in [0.05, 0.1) is 0 Å². The molecule has 1 heterocycles. The zero-order valence-corrected chi connectivity index (χ0v) is 12.5. The van der Waals surface area contributed by atoms with Crippen molar-refractivity contribution in [3.05, 3.63) is 39.9 Å². The van der Waals surface area contributed by atoms with Crippen LogP contribution in [0.15, 0.2) is 18.2 Å². The standard InChI is InChI=1S/C15H17N3OS/c1-9-5-10(2)7-11(6-9)8-13-17-18-15(20-13)16-14(19)12-3-4-12/h5-7,12H,3-4,8H2,1-2H3,(H,16,18,19). The van der Waals surface area contributed by atoms with Crippen LogP contribution in [-0.4, -0.2) is 16.1 Å². The Balaban J connectivity index is 1.68. The van der Waals surface area contributed by atoms with E-state index in [0.29, 0.717) is 5.13 Å². The molecule has 1 aromatic carbocycles. The lowest BCUT2D eigenvalue weighted by Crippen LogP contribution is -2.12. The zero-order chi connectivity index (χ0) is 14.1. The van der Waals surface area contributed by atoms with Gasteiger partial charge >= 0.3 is 0 Å². The molecule has 1 aliphatic rings. The number of rotatable bonds is 4. The van der Waals surface area contributed by atoms with Crippen LogP contribution < -0.4 is 5.32 Å². The van der Waals surface area contributed by atoms with Crippen molar-refractivity contribution in [2.24, 2.45) is 5.92 Å². The summed E-state index contributed by atoms with van der Waals surface area (Å²) in [5.74, 6) is 0.279. The van der Waals surface area contributed by atoms with Gasteiger partial charge in [0, 0.05) is 12.3 Å². The molecular formula is C15H17N3OS. The van der Waals surface area contributed by atoms with Crippen LogP contribution in [-0.2, 0) is 11.2 Å². The number of aromatic nitrogens is 2. The van der Waals surface area contributed by atoms with Crippen LogP contribution in [0.2, 0.25) is 0 Å². The van der Waals surface area contributed by atoms with E-state index < -0.39 is 0 Å². The molecule has 0 atom stereocenters. The van der Waals surface area contributed by atoms with Gasteiger partial charge in [0.25, 0.3) is 0 Å². The van der Waals surface area contributed by atoms with Gasteiger partial charge in [-0.1, -0.05) is 40.7 Å². The van der Waals surface area contributed by atoms with Gasteiger partial charge in [-0.2, -0.15) is 0 Å². The Hall–Kier alpha value is -1.75. The molecule has 5 heteroatoms. The maximum absolute atomic E-state index is 11.7. The Morgan fingerprint density at radius 1 is 1.25 bits per heavy atom. The van der Waals surface area contributed by atoms with E-state index in [1.807, 2.05) is 0 Å². The van der Waals surface area contributed by atoms with Crippen molar-refractivity contribution in [3.63, 3.8) is 0 Å². The van der Waals surface area contributed by atoms with Crippen molar-refractivity contribution in [2.45, 2.75) is 33.1 Å². The van der Waals surface area contributed by atoms with E-state index >= 15 is 0 Å². The molecule has 0 spiro atoms. The third kappa shape index (κ3) is 3.22. The number of benzene rings is 1. The molecule has 0 unspecified atom stereocenters. The predicted octanol–water partition coefficient (Wildman–Crippen LogP) is 3.09. The van der Waals surface area contributed by atoms with Gasteiger partial charge in [-0.25, -0.2) is 0 Å². The molecule has 0 saturated heterocycles. The number of amides is 1. The van der Waals surface area contributed by atoms with Crippen LogP contribution in [0.25, 0.3) is 0 Å². The average Bonchev–Trinajstić information content (AvgIpc) is 3.12. The van der Waals surface area contributed by atoms with E-state index in [1.54, 1.807) is 0 Å². The number of carbonyl (C=O) groups excluding carboxylic acids is 1. The predicted molar refractivity (Wildman–Crippen MR) is 80.0 cm³/mol. The van der Waals surface area contributed by atoms with E-state index in [2.05, 4.69) is 47.6 Å². The first-order valence-corrected chi connectivity index (χ1v) is 7.62. The molecule has 0 radical (unpaired) electrons. The lowest BCUT2D eigenvalue weighted by molar-refractivity contribution is -0.117. The number of hydrogen-bond donors (Lipinski definition) is 1. The van der Waals surface area contributed by atoms with Crippen molar-refractivity contribution in [3.8, 4) is 0 Å². The summed E-state index contributed by atoms with van der Waals surface area (Å²) in [6.45, 7) is 4.19. The minimum absolute atomic E-state index is 0.0825. The second-order valence-corrected chi connectivity index (χ2v) is 6.50. The van der Waals surface area contributed by atoms with E-state index in [-0.39, 0.29) is 11.8 Å². The van der Waals surface area contributed by atoms with Gasteiger partial charge in [-0.05, 0) is 32.3 Å². The number of nitrogens with zero attached hydrogens (tertiary/aromatic N) is 2. The lowest BCUT2D eigenvalue weighted by Gasteiger charge is -2.02. The van der Waals surface area contributed by atoms with Crippen LogP contribution in [0.5, 0.6) is 0 Å². The highest BCUT2D eigenvalue weighted by molar-refractivity contribution is 7.15. The summed E-state index contributed by atoms with van der Waals surface area (Å²) in [6, 6.07) is 6.48. The molecular weight excluding hydrogens is 270 g/mol. The van der Waals surface area contributed by atoms with E-state index in [4.69, 9.17) is 0 Å². The van der Waals surface area contributed by atoms with Crippen molar-refractivity contribution in [1.82, 2.24) is 10.2 Å². The second kappa shape index (κ2) is 5.32. The van der Waals surface area contributed by atoms with Crippen molar-refractivity contribution in [1.29, 1.82) is 0 Å². The fourth-order valence-corrected chi connectivity index (χ4v) is 3.05. The SMILES string of the molecule is Cc1cc(C)cc(Cc2nnc(NC(=O)C3CC3)s2)c1. The normalized spacial score (nSPS) is 14.3. The van der Waals surface area contributed by atoms with E-state index in [9.17, 15) is 4.79 Å². The quantitative estimate of drug-likeness (QED) is 0.940. The summed E-state index contributed by atoms with van der Waals surface area (Å²) in [4.78, 5) is 11.7. The summed E-state index contributed by atoms with van der Waals surface area (Å²) in [5, 5.41) is 12.6. The highest BCUT2D eigenvalue weighted by atomic mass is 32.1. The minimum atomic E-state index is 0.0825. The van der Waals surface area contributed by atoms with Gasteiger partial charge in [-0.15, -0.1) is 10.2 Å². The van der Waals surface area contributed by atoms with Crippen LogP contribution in [0, 0.1) is 19.8 Å². The van der Waals surface area contributed by atoms with Gasteiger partial charge in [0.15, 0.2) is 0 Å². The number of anilines is 1. The molecule has 1 saturated carbocycles. The topological polar surface area (TPSA) is 54.9 Å². The zero-order valence-electron chi connectivity index (χ0n) is 11.6. The molecule has 104 valence electrons. The number of nitrogens with one attached hydrogen (secondary N) is 1.